The first-order valence-electron chi connectivity index (χ1n) is 3.50. The molecule has 0 aliphatic carbocycles. The molecular formula is C8H4N2Se2. The van der Waals surface area contributed by atoms with Crippen LogP contribution in [0.5, 0.6) is 0 Å². The molecule has 4 heteroatoms. The van der Waals surface area contributed by atoms with Gasteiger partial charge in [0, 0.05) is 0 Å². The van der Waals surface area contributed by atoms with E-state index in [9.17, 15) is 0 Å². The average molecular weight is 286 g/mol. The molecule has 0 amide bonds. The van der Waals surface area contributed by atoms with Crippen LogP contribution in [0, 0.1) is 0 Å². The fraction of sp³-hybridized carbons (Fsp3) is 0. The average Bonchev–Trinajstić information content (AvgIpc) is 2.64. The summed E-state index contributed by atoms with van der Waals surface area (Å²) in [5.74, 6) is 0. The minimum atomic E-state index is 0.475. The molecule has 0 saturated carbocycles. The van der Waals surface area contributed by atoms with Gasteiger partial charge in [0.2, 0.25) is 0 Å². The Morgan fingerprint density at radius 2 is 1.42 bits per heavy atom. The third-order valence-corrected chi connectivity index (χ3v) is 5.11. The Labute approximate surface area is 80.7 Å². The van der Waals surface area contributed by atoms with E-state index >= 15 is 0 Å². The fourth-order valence-electron chi connectivity index (χ4n) is 1.21. The monoisotopic (exact) mass is 288 g/mol. The molecule has 0 bridgehead atoms. The normalized spacial score (nSPS) is 11.3. The van der Waals surface area contributed by atoms with Crippen LogP contribution in [0.3, 0.4) is 0 Å². The van der Waals surface area contributed by atoms with Crippen molar-refractivity contribution in [3.8, 4) is 0 Å². The van der Waals surface area contributed by atoms with Gasteiger partial charge in [-0.05, 0) is 0 Å². The summed E-state index contributed by atoms with van der Waals surface area (Å²) >= 11 is 0.950. The fourth-order valence-corrected chi connectivity index (χ4v) is 4.52. The molecule has 0 aliphatic heterocycles. The van der Waals surface area contributed by atoms with Crippen LogP contribution in [-0.2, 0) is 0 Å². The molecule has 1 aromatic carbocycles. The van der Waals surface area contributed by atoms with Crippen LogP contribution < -0.4 is 0 Å². The molecular weight excluding hydrogens is 282 g/mol. The van der Waals surface area contributed by atoms with E-state index in [4.69, 9.17) is 0 Å². The Hall–Kier alpha value is -0.401. The van der Waals surface area contributed by atoms with Crippen LogP contribution >= 0.6 is 0 Å². The zero-order chi connectivity index (χ0) is 7.97. The van der Waals surface area contributed by atoms with Crippen molar-refractivity contribution in [1.29, 1.82) is 0 Å². The number of hydrogen-bond acceptors (Lipinski definition) is 2. The van der Waals surface area contributed by atoms with Crippen LogP contribution in [0.4, 0.5) is 0 Å². The van der Waals surface area contributed by atoms with Crippen molar-refractivity contribution in [2.75, 3.05) is 0 Å². The Kier molecular flexibility index (Phi) is 1.49. The van der Waals surface area contributed by atoms with Gasteiger partial charge in [0.1, 0.15) is 0 Å². The zero-order valence-corrected chi connectivity index (χ0v) is 9.45. The van der Waals surface area contributed by atoms with Crippen molar-refractivity contribution in [2.45, 2.75) is 0 Å². The molecule has 3 rings (SSSR count). The van der Waals surface area contributed by atoms with Gasteiger partial charge in [-0.25, -0.2) is 0 Å². The molecule has 2 heterocycles. The van der Waals surface area contributed by atoms with Crippen LogP contribution in [0.1, 0.15) is 0 Å². The van der Waals surface area contributed by atoms with Gasteiger partial charge in [0.25, 0.3) is 0 Å². The zero-order valence-electron chi connectivity index (χ0n) is 6.02. The maximum absolute atomic E-state index is 4.31. The molecule has 0 atom stereocenters. The van der Waals surface area contributed by atoms with E-state index in [0.717, 1.165) is 11.0 Å². The summed E-state index contributed by atoms with van der Waals surface area (Å²) in [7, 11) is 0. The van der Waals surface area contributed by atoms with E-state index in [0.29, 0.717) is 29.0 Å². The van der Waals surface area contributed by atoms with Crippen molar-refractivity contribution in [3.05, 3.63) is 22.3 Å². The summed E-state index contributed by atoms with van der Waals surface area (Å²) in [6.45, 7) is 0. The number of hydrogen-bond donors (Lipinski definition) is 0. The number of benzene rings is 1. The first-order valence-corrected chi connectivity index (χ1v) is 7.19. The molecule has 2 nitrogen and oxygen atoms in total. The topological polar surface area (TPSA) is 25.8 Å². The van der Waals surface area contributed by atoms with Crippen molar-refractivity contribution >= 4 is 48.6 Å². The van der Waals surface area contributed by atoms with Gasteiger partial charge < -0.3 is 0 Å². The molecule has 0 N–H and O–H groups in total. The Morgan fingerprint density at radius 3 is 2.00 bits per heavy atom. The SMILES string of the molecule is c1nc2cc3nc[se]c3cc2[se]1. The van der Waals surface area contributed by atoms with Gasteiger partial charge in [0.15, 0.2) is 0 Å². The molecule has 0 unspecified atom stereocenters. The van der Waals surface area contributed by atoms with E-state index in [1.54, 1.807) is 0 Å². The first-order chi connectivity index (χ1) is 5.93. The molecule has 0 aliphatic rings. The molecule has 58 valence electrons. The van der Waals surface area contributed by atoms with E-state index in [1.165, 1.54) is 8.52 Å². The summed E-state index contributed by atoms with van der Waals surface area (Å²) in [5.41, 5.74) is 2.28. The Bertz CT molecular complexity index is 447. The van der Waals surface area contributed by atoms with Crippen molar-refractivity contribution in [1.82, 2.24) is 9.97 Å². The second-order valence-electron chi connectivity index (χ2n) is 2.49. The molecule has 3 aromatic rings. The first kappa shape index (κ1) is 7.05. The van der Waals surface area contributed by atoms with Gasteiger partial charge in [-0.1, -0.05) is 0 Å². The van der Waals surface area contributed by atoms with Gasteiger partial charge in [0.05, 0.1) is 0 Å². The molecule has 0 saturated heterocycles. The summed E-state index contributed by atoms with van der Waals surface area (Å²) in [6.07, 6.45) is 0. The van der Waals surface area contributed by atoms with E-state index in [2.05, 4.69) is 22.1 Å². The molecule has 12 heavy (non-hydrogen) atoms. The summed E-state index contributed by atoms with van der Waals surface area (Å²) < 4.78 is 2.85. The number of rotatable bonds is 0. The van der Waals surface area contributed by atoms with E-state index in [1.807, 2.05) is 10.1 Å². The number of fused-ring (bicyclic) bond motifs is 2. The Morgan fingerprint density at radius 1 is 0.833 bits per heavy atom. The van der Waals surface area contributed by atoms with Crippen molar-refractivity contribution < 1.29 is 0 Å². The Balaban J connectivity index is 2.62. The molecule has 2 aromatic heterocycles. The minimum absolute atomic E-state index is 0.475. The molecule has 0 spiro atoms. The number of nitrogens with zero attached hydrogens (tertiary/aromatic N) is 2. The standard InChI is InChI=1S/C8H4N2Se2/c1-5-7(11-3-9-5)2-8-6(1)10-4-12-8/h1-4H. The summed E-state index contributed by atoms with van der Waals surface area (Å²) in [5, 5.41) is 4.06. The van der Waals surface area contributed by atoms with Crippen molar-refractivity contribution in [3.63, 3.8) is 0 Å². The van der Waals surface area contributed by atoms with E-state index < -0.39 is 0 Å². The summed E-state index contributed by atoms with van der Waals surface area (Å²) in [6, 6.07) is 4.39. The predicted molar refractivity (Wildman–Crippen MR) is 50.9 cm³/mol. The van der Waals surface area contributed by atoms with E-state index in [-0.39, 0.29) is 0 Å². The van der Waals surface area contributed by atoms with Crippen LogP contribution in [0.15, 0.2) is 22.3 Å². The molecule has 0 radical (unpaired) electrons. The number of aromatic nitrogens is 2. The second kappa shape index (κ2) is 2.54. The van der Waals surface area contributed by atoms with Gasteiger partial charge in [-0.15, -0.1) is 0 Å². The van der Waals surface area contributed by atoms with Crippen LogP contribution in [0.2, 0.25) is 0 Å². The quantitative estimate of drug-likeness (QED) is 0.574. The van der Waals surface area contributed by atoms with Crippen molar-refractivity contribution in [2.24, 2.45) is 0 Å². The van der Waals surface area contributed by atoms with Gasteiger partial charge in [-0.2, -0.15) is 0 Å². The van der Waals surface area contributed by atoms with Crippen LogP contribution in [-0.4, -0.2) is 39.0 Å². The maximum atomic E-state index is 4.31. The van der Waals surface area contributed by atoms with Gasteiger partial charge >= 0.3 is 80.8 Å². The molecule has 0 fully saturated rings. The second-order valence-corrected chi connectivity index (χ2v) is 6.21. The third-order valence-electron chi connectivity index (χ3n) is 1.78. The van der Waals surface area contributed by atoms with Gasteiger partial charge in [-0.3, -0.25) is 0 Å². The van der Waals surface area contributed by atoms with Crippen LogP contribution in [0.25, 0.3) is 19.6 Å². The predicted octanol–water partition coefficient (Wildman–Crippen LogP) is 0.897. The third kappa shape index (κ3) is 0.932. The summed E-state index contributed by atoms with van der Waals surface area (Å²) in [4.78, 5) is 8.63.